The number of rotatable bonds is 6. The first kappa shape index (κ1) is 23.0. The van der Waals surface area contributed by atoms with E-state index in [2.05, 4.69) is 20.2 Å². The highest BCUT2D eigenvalue weighted by molar-refractivity contribution is 5.97. The molecule has 0 radical (unpaired) electrons. The maximum absolute atomic E-state index is 14.3. The monoisotopic (exact) mass is 469 g/mol. The topological polar surface area (TPSA) is 79.8 Å². The normalized spacial score (nSPS) is 21.5. The summed E-state index contributed by atoms with van der Waals surface area (Å²) in [6, 6.07) is 3.96. The number of anilines is 1. The fourth-order valence-corrected chi connectivity index (χ4v) is 5.39. The van der Waals surface area contributed by atoms with Crippen LogP contribution in [-0.4, -0.2) is 72.3 Å². The molecule has 3 aliphatic heterocycles. The van der Waals surface area contributed by atoms with Crippen LogP contribution in [0, 0.1) is 11.2 Å². The van der Waals surface area contributed by atoms with Gasteiger partial charge in [0.2, 0.25) is 0 Å². The van der Waals surface area contributed by atoms with Crippen molar-refractivity contribution >= 4 is 11.7 Å². The van der Waals surface area contributed by atoms with Crippen LogP contribution in [0.3, 0.4) is 0 Å². The lowest BCUT2D eigenvalue weighted by Gasteiger charge is -2.53. The van der Waals surface area contributed by atoms with Crippen molar-refractivity contribution in [3.63, 3.8) is 0 Å². The molecule has 1 aromatic carbocycles. The third kappa shape index (κ3) is 4.46. The number of hydrogen-bond donors (Lipinski definition) is 1. The SMILES string of the molecule is CC(C)N(C(=O)c1cc(F)ccc1Oc1cncnc1N1CC2(CCNCC2)C1)[C@H]1CCOC1. The number of benzene rings is 1. The Morgan fingerprint density at radius 3 is 2.79 bits per heavy atom. The number of ether oxygens (including phenoxy) is 2. The fourth-order valence-electron chi connectivity index (χ4n) is 5.39. The maximum atomic E-state index is 14.3. The Labute approximate surface area is 199 Å². The summed E-state index contributed by atoms with van der Waals surface area (Å²) >= 11 is 0. The van der Waals surface area contributed by atoms with Crippen molar-refractivity contribution in [2.24, 2.45) is 5.41 Å². The summed E-state index contributed by atoms with van der Waals surface area (Å²) in [6.07, 6.45) is 6.18. The highest BCUT2D eigenvalue weighted by atomic mass is 19.1. The lowest BCUT2D eigenvalue weighted by atomic mass is 9.72. The van der Waals surface area contributed by atoms with E-state index in [9.17, 15) is 9.18 Å². The highest BCUT2D eigenvalue weighted by Crippen LogP contribution is 2.43. The second-order valence-electron chi connectivity index (χ2n) is 9.88. The number of aromatic nitrogens is 2. The van der Waals surface area contributed by atoms with Crippen LogP contribution >= 0.6 is 0 Å². The molecule has 1 N–H and O–H groups in total. The van der Waals surface area contributed by atoms with E-state index in [1.165, 1.54) is 24.5 Å². The Balaban J connectivity index is 1.40. The second kappa shape index (κ2) is 9.46. The average Bonchev–Trinajstić information content (AvgIpc) is 3.33. The van der Waals surface area contributed by atoms with Gasteiger partial charge in [-0.1, -0.05) is 0 Å². The molecular weight excluding hydrogens is 437 g/mol. The molecule has 1 amide bonds. The minimum atomic E-state index is -0.484. The standard InChI is InChI=1S/C25H32FN5O3/c1-17(2)31(19-5-10-33-13-19)24(32)20-11-18(26)3-4-21(20)34-22-12-28-16-29-23(22)30-14-25(15-30)6-8-27-9-7-25/h3-4,11-12,16-17,19,27H,5-10,13-15H2,1-2H3/t19-/m0/s1. The number of nitrogens with zero attached hydrogens (tertiary/aromatic N) is 4. The first-order valence-corrected chi connectivity index (χ1v) is 12.1. The number of nitrogens with one attached hydrogen (secondary N) is 1. The zero-order chi connectivity index (χ0) is 23.7. The van der Waals surface area contributed by atoms with Crippen molar-refractivity contribution in [2.75, 3.05) is 44.3 Å². The molecule has 34 heavy (non-hydrogen) atoms. The third-order valence-electron chi connectivity index (χ3n) is 7.16. The Kier molecular flexibility index (Phi) is 6.40. The molecule has 5 rings (SSSR count). The minimum absolute atomic E-state index is 0.0403. The average molecular weight is 470 g/mol. The summed E-state index contributed by atoms with van der Waals surface area (Å²) in [4.78, 5) is 26.2. The second-order valence-corrected chi connectivity index (χ2v) is 9.88. The largest absolute Gasteiger partial charge is 0.451 e. The zero-order valence-corrected chi connectivity index (χ0v) is 19.8. The molecule has 182 valence electrons. The van der Waals surface area contributed by atoms with E-state index in [1.807, 2.05) is 13.8 Å². The molecular formula is C25H32FN5O3. The van der Waals surface area contributed by atoms with E-state index in [4.69, 9.17) is 9.47 Å². The van der Waals surface area contributed by atoms with Gasteiger partial charge in [-0.25, -0.2) is 14.4 Å². The van der Waals surface area contributed by atoms with Crippen LogP contribution in [0.5, 0.6) is 11.5 Å². The van der Waals surface area contributed by atoms with Gasteiger partial charge in [0, 0.05) is 31.2 Å². The molecule has 1 spiro atoms. The van der Waals surface area contributed by atoms with Crippen LogP contribution in [0.4, 0.5) is 10.2 Å². The summed E-state index contributed by atoms with van der Waals surface area (Å²) < 4.78 is 26.0. The van der Waals surface area contributed by atoms with Crippen LogP contribution in [0.15, 0.2) is 30.7 Å². The summed E-state index contributed by atoms with van der Waals surface area (Å²) in [5, 5.41) is 3.42. The van der Waals surface area contributed by atoms with Gasteiger partial charge in [-0.15, -0.1) is 0 Å². The van der Waals surface area contributed by atoms with Crippen molar-refractivity contribution in [1.29, 1.82) is 0 Å². The molecule has 3 aliphatic rings. The number of hydrogen-bond acceptors (Lipinski definition) is 7. The van der Waals surface area contributed by atoms with Gasteiger partial charge in [0.1, 0.15) is 17.9 Å². The van der Waals surface area contributed by atoms with Crippen molar-refractivity contribution in [2.45, 2.75) is 45.2 Å². The predicted octanol–water partition coefficient (Wildman–Crippen LogP) is 3.24. The molecule has 9 heteroatoms. The van der Waals surface area contributed by atoms with Crippen LogP contribution in [-0.2, 0) is 4.74 Å². The van der Waals surface area contributed by atoms with E-state index in [1.54, 1.807) is 11.1 Å². The molecule has 3 fully saturated rings. The van der Waals surface area contributed by atoms with Crippen molar-refractivity contribution in [1.82, 2.24) is 20.2 Å². The minimum Gasteiger partial charge on any atom is -0.451 e. The summed E-state index contributed by atoms with van der Waals surface area (Å²) in [5.41, 5.74) is 0.514. The van der Waals surface area contributed by atoms with Gasteiger partial charge in [-0.3, -0.25) is 4.79 Å². The molecule has 2 aromatic rings. The fraction of sp³-hybridized carbons (Fsp3) is 0.560. The lowest BCUT2D eigenvalue weighted by molar-refractivity contribution is 0.0578. The van der Waals surface area contributed by atoms with E-state index in [-0.39, 0.29) is 23.6 Å². The Morgan fingerprint density at radius 2 is 2.09 bits per heavy atom. The van der Waals surface area contributed by atoms with Crippen molar-refractivity contribution in [3.8, 4) is 11.5 Å². The van der Waals surface area contributed by atoms with Gasteiger partial charge in [-0.2, -0.15) is 0 Å². The van der Waals surface area contributed by atoms with E-state index in [0.717, 1.165) is 45.4 Å². The molecule has 1 aromatic heterocycles. The van der Waals surface area contributed by atoms with Gasteiger partial charge in [0.25, 0.3) is 5.91 Å². The smallest absolute Gasteiger partial charge is 0.258 e. The van der Waals surface area contributed by atoms with E-state index < -0.39 is 5.82 Å². The quantitative estimate of drug-likeness (QED) is 0.696. The van der Waals surface area contributed by atoms with Crippen LogP contribution in [0.1, 0.15) is 43.5 Å². The predicted molar refractivity (Wildman–Crippen MR) is 126 cm³/mol. The van der Waals surface area contributed by atoms with Crippen LogP contribution in [0.25, 0.3) is 0 Å². The summed E-state index contributed by atoms with van der Waals surface area (Å²) in [6.45, 7) is 8.93. The third-order valence-corrected chi connectivity index (χ3v) is 7.16. The summed E-state index contributed by atoms with van der Waals surface area (Å²) in [5.74, 6) is 0.710. The Hall–Kier alpha value is -2.78. The van der Waals surface area contributed by atoms with Gasteiger partial charge in [0.05, 0.1) is 24.4 Å². The number of amides is 1. The summed E-state index contributed by atoms with van der Waals surface area (Å²) in [7, 11) is 0. The first-order chi connectivity index (χ1) is 16.5. The van der Waals surface area contributed by atoms with Gasteiger partial charge in [0.15, 0.2) is 11.6 Å². The van der Waals surface area contributed by atoms with E-state index >= 15 is 0 Å². The Morgan fingerprint density at radius 1 is 1.29 bits per heavy atom. The molecule has 0 bridgehead atoms. The zero-order valence-electron chi connectivity index (χ0n) is 19.8. The Bertz CT molecular complexity index is 1030. The molecule has 4 heterocycles. The first-order valence-electron chi connectivity index (χ1n) is 12.1. The molecule has 0 saturated carbocycles. The highest BCUT2D eigenvalue weighted by Gasteiger charge is 2.45. The molecule has 8 nitrogen and oxygen atoms in total. The molecule has 1 atom stereocenters. The molecule has 0 unspecified atom stereocenters. The van der Waals surface area contributed by atoms with Crippen LogP contribution < -0.4 is 15.0 Å². The van der Waals surface area contributed by atoms with Gasteiger partial charge >= 0.3 is 0 Å². The van der Waals surface area contributed by atoms with Crippen LogP contribution in [0.2, 0.25) is 0 Å². The van der Waals surface area contributed by atoms with Crippen molar-refractivity contribution in [3.05, 3.63) is 42.1 Å². The molecule has 3 saturated heterocycles. The maximum Gasteiger partial charge on any atom is 0.258 e. The molecule has 0 aliphatic carbocycles. The lowest BCUT2D eigenvalue weighted by Crippen LogP contribution is -2.60. The van der Waals surface area contributed by atoms with Crippen molar-refractivity contribution < 1.29 is 18.7 Å². The number of piperidine rings is 1. The number of carbonyl (C=O) groups excluding carboxylic acids is 1. The number of halogens is 1. The van der Waals surface area contributed by atoms with E-state index in [0.29, 0.717) is 35.9 Å². The van der Waals surface area contributed by atoms with Gasteiger partial charge < -0.3 is 24.6 Å². The van der Waals surface area contributed by atoms with Gasteiger partial charge in [-0.05, 0) is 64.4 Å². The number of carbonyl (C=O) groups is 1.